The van der Waals surface area contributed by atoms with Gasteiger partial charge in [-0.15, -0.1) is 11.3 Å². The van der Waals surface area contributed by atoms with Gasteiger partial charge in [-0.25, -0.2) is 18.2 Å². The average molecular weight is 490 g/mol. The number of ketones is 1. The molecular weight excluding hydrogens is 467 g/mol. The van der Waals surface area contributed by atoms with Crippen molar-refractivity contribution in [1.82, 2.24) is 15.6 Å². The first-order valence-electron chi connectivity index (χ1n) is 10.7. The normalized spacial score (nSPS) is 18.0. The maximum absolute atomic E-state index is 13.4. The molecule has 2 aromatic carbocycles. The summed E-state index contributed by atoms with van der Waals surface area (Å²) in [6.07, 6.45) is 1.01. The molecule has 178 valence electrons. The van der Waals surface area contributed by atoms with Gasteiger partial charge < -0.3 is 15.7 Å². The molecule has 3 aromatic rings. The number of rotatable bonds is 7. The first-order chi connectivity index (χ1) is 16.4. The summed E-state index contributed by atoms with van der Waals surface area (Å²) in [6, 6.07) is 8.47. The van der Waals surface area contributed by atoms with Crippen molar-refractivity contribution in [3.63, 3.8) is 0 Å². The van der Waals surface area contributed by atoms with Gasteiger partial charge in [0, 0.05) is 24.1 Å². The van der Waals surface area contributed by atoms with Gasteiger partial charge in [0.1, 0.15) is 16.5 Å². The minimum absolute atomic E-state index is 0.00489. The highest BCUT2D eigenvalue weighted by molar-refractivity contribution is 7.15. The largest absolute Gasteiger partial charge is 0.389 e. The Morgan fingerprint density at radius 3 is 2.59 bits per heavy atom. The van der Waals surface area contributed by atoms with E-state index in [1.807, 2.05) is 0 Å². The Balaban J connectivity index is 1.44. The molecule has 1 unspecified atom stereocenters. The van der Waals surface area contributed by atoms with Gasteiger partial charge >= 0.3 is 0 Å². The van der Waals surface area contributed by atoms with Crippen molar-refractivity contribution < 1.29 is 27.9 Å². The molecule has 1 aromatic heterocycles. The Hall–Kier alpha value is -3.08. The van der Waals surface area contributed by atoms with E-state index >= 15 is 0 Å². The lowest BCUT2D eigenvalue weighted by atomic mass is 9.87. The van der Waals surface area contributed by atoms with E-state index in [0.717, 1.165) is 12.1 Å². The van der Waals surface area contributed by atoms with E-state index in [0.29, 0.717) is 34.8 Å². The van der Waals surface area contributed by atoms with Crippen molar-refractivity contribution in [3.05, 3.63) is 76.2 Å². The van der Waals surface area contributed by atoms with Crippen molar-refractivity contribution in [1.29, 1.82) is 0 Å². The van der Waals surface area contributed by atoms with E-state index in [9.17, 15) is 27.9 Å². The number of aliphatic hydroxyl groups is 1. The molecule has 4 rings (SSSR count). The van der Waals surface area contributed by atoms with Crippen LogP contribution in [0.5, 0.6) is 0 Å². The Morgan fingerprint density at radius 2 is 1.88 bits per heavy atom. The number of Topliss-reactive ketones (excluding diaryl/α,β-unsaturated/α-hetero) is 1. The van der Waals surface area contributed by atoms with Gasteiger partial charge in [-0.05, 0) is 55.3 Å². The molecule has 34 heavy (non-hydrogen) atoms. The third kappa shape index (κ3) is 5.35. The van der Waals surface area contributed by atoms with Crippen LogP contribution < -0.4 is 10.6 Å². The number of thiazole rings is 1. The van der Waals surface area contributed by atoms with Crippen LogP contribution in [0.2, 0.25) is 0 Å². The van der Waals surface area contributed by atoms with Gasteiger partial charge in [-0.3, -0.25) is 9.59 Å². The first kappa shape index (κ1) is 24.1. The molecule has 0 saturated carbocycles. The van der Waals surface area contributed by atoms with Crippen LogP contribution in [0.1, 0.15) is 38.7 Å². The SMILES string of the molecule is O=C(NC[C@@H]1CC(C(=O)c2nc(CO)sc2-c2ccc(F)cc2)CCN1)c1ccc(F)c(F)c1. The third-order valence-electron chi connectivity index (χ3n) is 5.70. The number of aromatic nitrogens is 1. The standard InChI is InChI=1S/C24H22F3N3O3S/c25-16-4-1-13(2-5-16)23-21(30-20(12-31)34-23)22(32)14-7-8-28-17(9-14)11-29-24(33)15-3-6-18(26)19(27)10-15/h1-6,10,14,17,28,31H,7-9,11-12H2,(H,29,33)/t14?,17-/m0/s1. The molecule has 1 aliphatic heterocycles. The lowest BCUT2D eigenvalue weighted by molar-refractivity contribution is 0.0870. The van der Waals surface area contributed by atoms with Crippen LogP contribution in [0.3, 0.4) is 0 Å². The highest BCUT2D eigenvalue weighted by Crippen LogP contribution is 2.34. The van der Waals surface area contributed by atoms with Crippen molar-refractivity contribution >= 4 is 23.0 Å². The minimum Gasteiger partial charge on any atom is -0.389 e. The fraction of sp³-hybridized carbons (Fsp3) is 0.292. The number of nitrogens with zero attached hydrogens (tertiary/aromatic N) is 1. The summed E-state index contributed by atoms with van der Waals surface area (Å²) >= 11 is 1.19. The van der Waals surface area contributed by atoms with Crippen LogP contribution in [0, 0.1) is 23.4 Å². The van der Waals surface area contributed by atoms with E-state index in [1.54, 1.807) is 12.1 Å². The second kappa shape index (κ2) is 10.5. The maximum atomic E-state index is 13.4. The number of hydrogen-bond donors (Lipinski definition) is 3. The lowest BCUT2D eigenvalue weighted by Gasteiger charge is -2.29. The number of piperidine rings is 1. The van der Waals surface area contributed by atoms with Gasteiger partial charge in [-0.2, -0.15) is 0 Å². The summed E-state index contributed by atoms with van der Waals surface area (Å²) < 4.78 is 39.8. The van der Waals surface area contributed by atoms with E-state index < -0.39 is 23.4 Å². The molecule has 0 bridgehead atoms. The second-order valence-electron chi connectivity index (χ2n) is 8.03. The highest BCUT2D eigenvalue weighted by Gasteiger charge is 2.31. The number of hydrogen-bond acceptors (Lipinski definition) is 6. The zero-order valence-electron chi connectivity index (χ0n) is 18.0. The average Bonchev–Trinajstić information content (AvgIpc) is 3.29. The molecule has 2 atom stereocenters. The fourth-order valence-corrected chi connectivity index (χ4v) is 4.88. The van der Waals surface area contributed by atoms with Crippen LogP contribution in [0.4, 0.5) is 13.2 Å². The fourth-order valence-electron chi connectivity index (χ4n) is 3.94. The van der Waals surface area contributed by atoms with Gasteiger partial charge in [-0.1, -0.05) is 12.1 Å². The van der Waals surface area contributed by atoms with Gasteiger partial charge in [0.15, 0.2) is 17.4 Å². The van der Waals surface area contributed by atoms with Crippen molar-refractivity contribution in [2.75, 3.05) is 13.1 Å². The summed E-state index contributed by atoms with van der Waals surface area (Å²) in [5.41, 5.74) is 0.897. The Labute approximate surface area is 197 Å². The van der Waals surface area contributed by atoms with Crippen molar-refractivity contribution in [2.45, 2.75) is 25.5 Å². The van der Waals surface area contributed by atoms with E-state index in [4.69, 9.17) is 0 Å². The first-order valence-corrected chi connectivity index (χ1v) is 11.5. The Kier molecular flexibility index (Phi) is 7.40. The molecule has 1 fully saturated rings. The number of halogens is 3. The van der Waals surface area contributed by atoms with Gasteiger partial charge in [0.25, 0.3) is 5.91 Å². The predicted molar refractivity (Wildman–Crippen MR) is 121 cm³/mol. The van der Waals surface area contributed by atoms with E-state index in [-0.39, 0.29) is 42.2 Å². The smallest absolute Gasteiger partial charge is 0.251 e. The molecule has 1 amide bonds. The van der Waals surface area contributed by atoms with Gasteiger partial charge in [0.05, 0.1) is 11.5 Å². The molecule has 0 aliphatic carbocycles. The topological polar surface area (TPSA) is 91.3 Å². The molecule has 0 spiro atoms. The van der Waals surface area contributed by atoms with Crippen molar-refractivity contribution in [3.8, 4) is 10.4 Å². The molecular formula is C24H22F3N3O3S. The molecule has 3 N–H and O–H groups in total. The summed E-state index contributed by atoms with van der Waals surface area (Å²) in [4.78, 5) is 30.6. The molecule has 0 radical (unpaired) electrons. The molecule has 1 saturated heterocycles. The summed E-state index contributed by atoms with van der Waals surface area (Å²) in [5, 5.41) is 15.9. The van der Waals surface area contributed by atoms with Crippen LogP contribution in [-0.4, -0.2) is 40.9 Å². The van der Waals surface area contributed by atoms with Crippen LogP contribution >= 0.6 is 11.3 Å². The zero-order valence-corrected chi connectivity index (χ0v) is 18.8. The highest BCUT2D eigenvalue weighted by atomic mass is 32.1. The number of aliphatic hydroxyl groups excluding tert-OH is 1. The number of amides is 1. The molecule has 1 aliphatic rings. The molecule has 2 heterocycles. The minimum atomic E-state index is -1.10. The quantitative estimate of drug-likeness (QED) is 0.441. The predicted octanol–water partition coefficient (Wildman–Crippen LogP) is 3.70. The second-order valence-corrected chi connectivity index (χ2v) is 9.11. The number of nitrogens with one attached hydrogen (secondary N) is 2. The Morgan fingerprint density at radius 1 is 1.12 bits per heavy atom. The van der Waals surface area contributed by atoms with Crippen molar-refractivity contribution in [2.24, 2.45) is 5.92 Å². The van der Waals surface area contributed by atoms with Crippen LogP contribution in [-0.2, 0) is 6.61 Å². The Bertz CT molecular complexity index is 1200. The molecule has 10 heteroatoms. The molecule has 6 nitrogen and oxygen atoms in total. The third-order valence-corrected chi connectivity index (χ3v) is 6.79. The summed E-state index contributed by atoms with van der Waals surface area (Å²) in [7, 11) is 0. The number of carbonyl (C=O) groups excluding carboxylic acids is 2. The van der Waals surface area contributed by atoms with Crippen LogP contribution in [0.25, 0.3) is 10.4 Å². The van der Waals surface area contributed by atoms with Gasteiger partial charge in [0.2, 0.25) is 0 Å². The lowest BCUT2D eigenvalue weighted by Crippen LogP contribution is -2.47. The number of benzene rings is 2. The van der Waals surface area contributed by atoms with E-state index in [2.05, 4.69) is 15.6 Å². The van der Waals surface area contributed by atoms with E-state index in [1.165, 1.54) is 29.5 Å². The monoisotopic (exact) mass is 489 g/mol. The summed E-state index contributed by atoms with van der Waals surface area (Å²) in [6.45, 7) is 0.438. The number of carbonyl (C=O) groups is 2. The summed E-state index contributed by atoms with van der Waals surface area (Å²) in [5.74, 6) is -3.60. The van der Waals surface area contributed by atoms with Crippen LogP contribution in [0.15, 0.2) is 42.5 Å². The zero-order chi connectivity index (χ0) is 24.2. The maximum Gasteiger partial charge on any atom is 0.251 e.